The van der Waals surface area contributed by atoms with Gasteiger partial charge in [-0.2, -0.15) is 0 Å². The topological polar surface area (TPSA) is 256 Å². The van der Waals surface area contributed by atoms with Gasteiger partial charge in [-0.25, -0.2) is 20.0 Å². The van der Waals surface area contributed by atoms with E-state index in [0.717, 1.165) is 120 Å². The lowest BCUT2D eigenvalue weighted by molar-refractivity contribution is -0.623. The number of aromatic amines is 8. The molecular formula is C106H150Cl4N12O8. The van der Waals surface area contributed by atoms with Gasteiger partial charge in [0, 0.05) is 70.3 Å². The molecule has 20 nitrogen and oxygen atoms in total. The quantitative estimate of drug-likeness (QED) is 0.0797. The van der Waals surface area contributed by atoms with Crippen LogP contribution >= 0.6 is 0 Å². The number of halogens is 4. The molecule has 8 aromatic rings. The molecule has 16 atom stereocenters. The predicted molar refractivity (Wildman–Crippen MR) is 499 cm³/mol. The van der Waals surface area contributed by atoms with Crippen LogP contribution in [0.15, 0.2) is 169 Å². The molecule has 0 aliphatic carbocycles. The molecule has 12 aliphatic rings. The minimum atomic E-state index is -0.677. The Morgan fingerprint density at radius 1 is 0.300 bits per heavy atom. The molecule has 12 N–H and O–H groups in total. The zero-order valence-corrected chi connectivity index (χ0v) is 82.0. The Bertz CT molecular complexity index is 4420. The standard InChI is InChI=1S/4C25H33N3O2.C6H14.4ClH/c4*1-17-15-18-9-6-4-3-5-7-10-19-12-13-21(27-19)24(18)25(30-17)23(29-2)16-22(28-25)20-11-8-14-26-20;1-3-5-6-4-2;;;;/h4*8,11-14,16-18,24,26-27H,3-7,9-10,15H2,1-2H3;3-6H2,1-2H3;4*1H/t4*17-,18+,24+,25+;;;;;/m0000...../s1. The second kappa shape index (κ2) is 47.3. The molecule has 12 aliphatic heterocycles. The number of ether oxygens (including phenoxy) is 8. The molecule has 0 aromatic carbocycles. The number of aryl methyl sites for hydroxylation is 4. The largest absolute Gasteiger partial charge is 1.00 e. The van der Waals surface area contributed by atoms with Crippen LogP contribution in [0.2, 0.25) is 0 Å². The molecule has 24 heteroatoms. The second-order valence-electron chi connectivity index (χ2n) is 38.6. The number of fused-ring (bicyclic) bond motifs is 20. The Balaban J connectivity index is 0.000000152. The third kappa shape index (κ3) is 22.5. The summed E-state index contributed by atoms with van der Waals surface area (Å²) in [5, 5.41) is 0. The van der Waals surface area contributed by atoms with Gasteiger partial charge in [0.2, 0.25) is 45.9 Å². The number of nitrogens with one attached hydrogen (secondary N) is 12. The summed E-state index contributed by atoms with van der Waals surface area (Å²) in [6.07, 6.45) is 62.4. The van der Waals surface area contributed by atoms with E-state index in [1.165, 1.54) is 225 Å². The molecule has 0 unspecified atom stereocenters. The van der Waals surface area contributed by atoms with Crippen LogP contribution in [0.1, 0.15) is 339 Å². The summed E-state index contributed by atoms with van der Waals surface area (Å²) < 4.78 is 51.0. The second-order valence-corrected chi connectivity index (χ2v) is 38.6. The first-order valence-electron chi connectivity index (χ1n) is 49.3. The van der Waals surface area contributed by atoms with Gasteiger partial charge >= 0.3 is 22.9 Å². The summed E-state index contributed by atoms with van der Waals surface area (Å²) in [5.41, 5.74) is 16.1. The molecule has 4 saturated heterocycles. The molecule has 0 saturated carbocycles. The first-order chi connectivity index (χ1) is 61.7. The van der Waals surface area contributed by atoms with E-state index in [1.807, 2.05) is 49.1 Å². The van der Waals surface area contributed by atoms with Crippen LogP contribution < -0.4 is 69.6 Å². The van der Waals surface area contributed by atoms with Gasteiger partial charge in [0.05, 0.1) is 77.2 Å². The summed E-state index contributed by atoms with van der Waals surface area (Å²) in [7, 11) is 7.06. The van der Waals surface area contributed by atoms with Crippen LogP contribution in [0.3, 0.4) is 0 Å². The molecule has 0 amide bonds. The molecule has 710 valence electrons. The Labute approximate surface area is 798 Å². The van der Waals surface area contributed by atoms with E-state index in [1.54, 1.807) is 28.4 Å². The van der Waals surface area contributed by atoms with E-state index in [-0.39, 0.29) is 97.7 Å². The van der Waals surface area contributed by atoms with Crippen molar-refractivity contribution in [3.63, 3.8) is 0 Å². The maximum atomic E-state index is 6.77. The minimum absolute atomic E-state index is 0. The molecule has 20 heterocycles. The van der Waals surface area contributed by atoms with Crippen molar-refractivity contribution >= 4 is 22.8 Å². The number of H-pyrrole nitrogens is 8. The van der Waals surface area contributed by atoms with Crippen molar-refractivity contribution in [2.24, 2.45) is 23.7 Å². The molecular weight excluding hydrogens is 1710 g/mol. The average molecular weight is 1860 g/mol. The van der Waals surface area contributed by atoms with Crippen LogP contribution in [-0.4, -0.2) is 138 Å². The Morgan fingerprint density at radius 2 is 0.515 bits per heavy atom. The first-order valence-corrected chi connectivity index (χ1v) is 49.3. The van der Waals surface area contributed by atoms with Crippen molar-refractivity contribution in [3.8, 4) is 0 Å². The number of allylic oxidation sites excluding steroid dienone is 4. The molecule has 0 radical (unpaired) electrons. The van der Waals surface area contributed by atoms with Gasteiger partial charge < -0.3 is 127 Å². The summed E-state index contributed by atoms with van der Waals surface area (Å²) in [4.78, 5) is 43.5. The van der Waals surface area contributed by atoms with Gasteiger partial charge in [0.15, 0.2) is 0 Å². The highest BCUT2D eigenvalue weighted by Gasteiger charge is 2.66. The van der Waals surface area contributed by atoms with E-state index in [0.29, 0.717) is 23.7 Å². The van der Waals surface area contributed by atoms with E-state index in [9.17, 15) is 0 Å². The lowest BCUT2D eigenvalue weighted by Gasteiger charge is -2.43. The highest BCUT2D eigenvalue weighted by molar-refractivity contribution is 6.06. The maximum Gasteiger partial charge on any atom is 0.334 e. The first kappa shape index (κ1) is 101. The molecule has 130 heavy (non-hydrogen) atoms. The fourth-order valence-electron chi connectivity index (χ4n) is 23.8. The van der Waals surface area contributed by atoms with Crippen LogP contribution in [0.4, 0.5) is 0 Å². The van der Waals surface area contributed by atoms with Crippen molar-refractivity contribution in [2.45, 2.75) is 344 Å². The SMILES string of the molecule is CCCCCC.COC1=CC(c2ccc[nH]2)=[NH+][C@@]12O[C@@H](C)C[C@H]1CCCCCCCc3ccc([nH]3)[C@@H]12.COC1=CC(c2ccc[nH]2)=[NH+][C@@]12O[C@@H](C)C[C@H]1CCCCCCCc3ccc([nH]3)[C@@H]12.COC1=CC(c2ccc[nH]2)=[NH+][C@@]12O[C@@H](C)C[C@H]1CCCCCCCc3ccc([nH]3)[C@@H]12.COC1=CC(c2ccc[nH]2)=[NH+][C@@]12O[C@@H](C)C[C@H]1CCCCCCCc3ccc([nH]3)[C@@H]12.[Cl-].[Cl-].[Cl-].[Cl-]. The number of methoxy groups -OCH3 is 4. The van der Waals surface area contributed by atoms with E-state index in [2.05, 4.69) is 198 Å². The summed E-state index contributed by atoms with van der Waals surface area (Å²) >= 11 is 0. The fraction of sp³-hybridized carbons (Fsp3) is 0.585. The van der Waals surface area contributed by atoms with Crippen LogP contribution in [0, 0.1) is 23.7 Å². The number of rotatable bonds is 11. The summed E-state index contributed by atoms with van der Waals surface area (Å²) in [5.74, 6) is 6.36. The van der Waals surface area contributed by atoms with E-state index in [4.69, 9.17) is 37.9 Å². The molecule has 4 fully saturated rings. The third-order valence-corrected chi connectivity index (χ3v) is 29.5. The summed E-state index contributed by atoms with van der Waals surface area (Å²) in [6, 6.07) is 34.7. The number of hydrogen-bond acceptors (Lipinski definition) is 8. The van der Waals surface area contributed by atoms with Gasteiger partial charge in [0.1, 0.15) is 46.4 Å². The van der Waals surface area contributed by atoms with Crippen molar-refractivity contribution < 1.29 is 107 Å². The van der Waals surface area contributed by atoms with Gasteiger partial charge in [0.25, 0.3) is 0 Å². The van der Waals surface area contributed by atoms with E-state index < -0.39 is 22.9 Å². The molecule has 4 spiro atoms. The van der Waals surface area contributed by atoms with Crippen molar-refractivity contribution in [2.75, 3.05) is 28.4 Å². The van der Waals surface area contributed by atoms with Gasteiger partial charge in [-0.3, -0.25) is 0 Å². The highest BCUT2D eigenvalue weighted by atomic mass is 35.5. The smallest absolute Gasteiger partial charge is 0.334 e. The Morgan fingerprint density at radius 3 is 0.715 bits per heavy atom. The van der Waals surface area contributed by atoms with Crippen LogP contribution in [-0.2, 0) is 63.6 Å². The Kier molecular flexibility index (Phi) is 36.8. The fourth-order valence-corrected chi connectivity index (χ4v) is 23.8. The predicted octanol–water partition coefficient (Wildman–Crippen LogP) is 4.84. The number of aromatic nitrogens is 8. The lowest BCUT2D eigenvalue weighted by Crippen LogP contribution is -3.00. The van der Waals surface area contributed by atoms with Crippen molar-refractivity contribution in [1.82, 2.24) is 39.9 Å². The lowest BCUT2D eigenvalue weighted by atomic mass is 9.73. The molecule has 8 bridgehead atoms. The normalized spacial score (nSPS) is 30.0. The monoisotopic (exact) mass is 1860 g/mol. The zero-order valence-electron chi connectivity index (χ0n) is 79.0. The van der Waals surface area contributed by atoms with Gasteiger partial charge in [-0.1, -0.05) is 142 Å². The highest BCUT2D eigenvalue weighted by Crippen LogP contribution is 2.53. The van der Waals surface area contributed by atoms with E-state index >= 15 is 0 Å². The van der Waals surface area contributed by atoms with Gasteiger partial charge in [-0.15, -0.1) is 0 Å². The summed E-state index contributed by atoms with van der Waals surface area (Å²) in [6.45, 7) is 13.3. The van der Waals surface area contributed by atoms with Crippen LogP contribution in [0.25, 0.3) is 0 Å². The van der Waals surface area contributed by atoms with Crippen molar-refractivity contribution in [3.05, 3.63) is 238 Å². The number of unbranched alkanes of at least 4 members (excludes halogenated alkanes) is 3. The zero-order chi connectivity index (χ0) is 87.0. The number of hydrogen-bond donors (Lipinski definition) is 12. The average Bonchev–Trinajstić information content (AvgIpc) is 1.57. The third-order valence-electron chi connectivity index (χ3n) is 29.5. The van der Waals surface area contributed by atoms with Crippen molar-refractivity contribution in [1.29, 1.82) is 0 Å². The maximum absolute atomic E-state index is 6.77. The minimum Gasteiger partial charge on any atom is -1.00 e. The van der Waals surface area contributed by atoms with Gasteiger partial charge in [-0.05, 0) is 251 Å². The Hall–Kier alpha value is -7.92. The molecule has 8 aromatic heterocycles. The van der Waals surface area contributed by atoms with Crippen LogP contribution in [0.5, 0.6) is 0 Å². The molecule has 20 rings (SSSR count).